The molecule has 0 radical (unpaired) electrons. The summed E-state index contributed by atoms with van der Waals surface area (Å²) in [5.41, 5.74) is 9.58. The number of nitrogens with zero attached hydrogens (tertiary/aromatic N) is 2. The van der Waals surface area contributed by atoms with Gasteiger partial charge in [0, 0.05) is 24.7 Å². The van der Waals surface area contributed by atoms with Crippen LogP contribution in [0.25, 0.3) is 0 Å². The van der Waals surface area contributed by atoms with E-state index in [1.54, 1.807) is 0 Å². The van der Waals surface area contributed by atoms with Crippen molar-refractivity contribution in [3.8, 4) is 5.75 Å². The molecule has 1 aromatic heterocycles. The number of hydrogen-bond donors (Lipinski definition) is 1. The minimum Gasteiger partial charge on any atom is -0.493 e. The van der Waals surface area contributed by atoms with E-state index in [2.05, 4.69) is 23.3 Å². The van der Waals surface area contributed by atoms with E-state index in [0.29, 0.717) is 13.2 Å². The second-order valence-corrected chi connectivity index (χ2v) is 5.85. The first-order valence-electron chi connectivity index (χ1n) is 7.02. The van der Waals surface area contributed by atoms with Crippen molar-refractivity contribution in [2.45, 2.75) is 19.8 Å². The highest BCUT2D eigenvalue weighted by atomic mass is 16.5. The van der Waals surface area contributed by atoms with Crippen molar-refractivity contribution in [2.24, 2.45) is 18.2 Å². The Hall–Kier alpha value is -1.81. The van der Waals surface area contributed by atoms with Crippen LogP contribution in [0, 0.1) is 12.3 Å². The topological polar surface area (TPSA) is 53.1 Å². The van der Waals surface area contributed by atoms with Gasteiger partial charge < -0.3 is 10.5 Å². The Balaban J connectivity index is 1.88. The molecule has 0 amide bonds. The molecule has 1 aromatic carbocycles. The van der Waals surface area contributed by atoms with Crippen LogP contribution >= 0.6 is 0 Å². The second-order valence-electron chi connectivity index (χ2n) is 5.85. The van der Waals surface area contributed by atoms with Gasteiger partial charge in [0.2, 0.25) is 0 Å². The van der Waals surface area contributed by atoms with Crippen molar-refractivity contribution in [2.75, 3.05) is 13.2 Å². The SMILES string of the molecule is Cc1cc(CC2(CN)COc3ccccc3C2)n(C)n1. The number of nitrogens with two attached hydrogens (primary N) is 1. The molecule has 1 unspecified atom stereocenters. The first-order chi connectivity index (χ1) is 9.62. The fourth-order valence-electron chi connectivity index (χ4n) is 3.01. The first-order valence-corrected chi connectivity index (χ1v) is 7.02. The summed E-state index contributed by atoms with van der Waals surface area (Å²) < 4.78 is 7.89. The molecule has 106 valence electrons. The molecule has 20 heavy (non-hydrogen) atoms. The number of benzene rings is 1. The molecule has 2 heterocycles. The van der Waals surface area contributed by atoms with Crippen molar-refractivity contribution >= 4 is 0 Å². The monoisotopic (exact) mass is 271 g/mol. The first kappa shape index (κ1) is 13.2. The predicted molar refractivity (Wildman–Crippen MR) is 78.8 cm³/mol. The third-order valence-electron chi connectivity index (χ3n) is 4.16. The van der Waals surface area contributed by atoms with E-state index in [1.807, 2.05) is 30.8 Å². The van der Waals surface area contributed by atoms with E-state index in [4.69, 9.17) is 10.5 Å². The van der Waals surface area contributed by atoms with Gasteiger partial charge >= 0.3 is 0 Å². The standard InChI is InChI=1S/C16H21N3O/c1-12-7-14(19(2)18-12)9-16(10-17)8-13-5-3-4-6-15(13)20-11-16/h3-7H,8-11,17H2,1-2H3. The summed E-state index contributed by atoms with van der Waals surface area (Å²) in [6.45, 7) is 3.31. The van der Waals surface area contributed by atoms with Crippen molar-refractivity contribution in [3.63, 3.8) is 0 Å². The maximum atomic E-state index is 6.09. The Kier molecular flexibility index (Phi) is 3.26. The summed E-state index contributed by atoms with van der Waals surface area (Å²) in [6.07, 6.45) is 1.86. The highest BCUT2D eigenvalue weighted by Crippen LogP contribution is 2.36. The molecular formula is C16H21N3O. The van der Waals surface area contributed by atoms with Crippen molar-refractivity contribution in [1.29, 1.82) is 0 Å². The molecule has 0 bridgehead atoms. The number of fused-ring (bicyclic) bond motifs is 1. The van der Waals surface area contributed by atoms with Gasteiger partial charge in [-0.2, -0.15) is 5.10 Å². The van der Waals surface area contributed by atoms with Gasteiger partial charge in [-0.25, -0.2) is 0 Å². The number of aryl methyl sites for hydroxylation is 2. The second kappa shape index (κ2) is 4.94. The van der Waals surface area contributed by atoms with Crippen LogP contribution in [0.5, 0.6) is 5.75 Å². The van der Waals surface area contributed by atoms with E-state index in [9.17, 15) is 0 Å². The lowest BCUT2D eigenvalue weighted by Crippen LogP contribution is -2.43. The van der Waals surface area contributed by atoms with Gasteiger partial charge in [0.1, 0.15) is 5.75 Å². The molecule has 0 spiro atoms. The Bertz CT molecular complexity index is 620. The maximum Gasteiger partial charge on any atom is 0.122 e. The largest absolute Gasteiger partial charge is 0.493 e. The van der Waals surface area contributed by atoms with Crippen LogP contribution in [-0.2, 0) is 19.9 Å². The van der Waals surface area contributed by atoms with E-state index in [0.717, 1.165) is 24.3 Å². The summed E-state index contributed by atoms with van der Waals surface area (Å²) in [7, 11) is 1.99. The van der Waals surface area contributed by atoms with E-state index in [-0.39, 0.29) is 5.41 Å². The van der Waals surface area contributed by atoms with Crippen molar-refractivity contribution < 1.29 is 4.74 Å². The molecule has 4 nitrogen and oxygen atoms in total. The van der Waals surface area contributed by atoms with Gasteiger partial charge in [-0.1, -0.05) is 18.2 Å². The summed E-state index contributed by atoms with van der Waals surface area (Å²) in [6, 6.07) is 10.4. The average Bonchev–Trinajstić information content (AvgIpc) is 2.76. The number of ether oxygens (including phenoxy) is 1. The van der Waals surface area contributed by atoms with Crippen LogP contribution in [0.4, 0.5) is 0 Å². The number of aromatic nitrogens is 2. The minimum atomic E-state index is -0.0331. The number of rotatable bonds is 3. The fourth-order valence-corrected chi connectivity index (χ4v) is 3.01. The lowest BCUT2D eigenvalue weighted by molar-refractivity contribution is 0.124. The normalized spacial score (nSPS) is 21.4. The van der Waals surface area contributed by atoms with Crippen LogP contribution in [0.2, 0.25) is 0 Å². The number of para-hydroxylation sites is 1. The third-order valence-corrected chi connectivity index (χ3v) is 4.16. The van der Waals surface area contributed by atoms with Crippen LogP contribution in [0.15, 0.2) is 30.3 Å². The maximum absolute atomic E-state index is 6.09. The number of hydrogen-bond acceptors (Lipinski definition) is 3. The summed E-state index contributed by atoms with van der Waals surface area (Å²) >= 11 is 0. The Labute approximate surface area is 119 Å². The quantitative estimate of drug-likeness (QED) is 0.927. The molecule has 0 fully saturated rings. The fraction of sp³-hybridized carbons (Fsp3) is 0.438. The Morgan fingerprint density at radius 3 is 2.90 bits per heavy atom. The highest BCUT2D eigenvalue weighted by molar-refractivity contribution is 5.36. The zero-order valence-electron chi connectivity index (χ0n) is 12.1. The van der Waals surface area contributed by atoms with Crippen LogP contribution < -0.4 is 10.5 Å². The molecule has 1 atom stereocenters. The molecule has 2 aromatic rings. The highest BCUT2D eigenvalue weighted by Gasteiger charge is 2.35. The predicted octanol–water partition coefficient (Wildman–Crippen LogP) is 1.85. The zero-order valence-corrected chi connectivity index (χ0v) is 12.1. The van der Waals surface area contributed by atoms with E-state index in [1.165, 1.54) is 11.3 Å². The van der Waals surface area contributed by atoms with Crippen LogP contribution in [0.3, 0.4) is 0 Å². The van der Waals surface area contributed by atoms with E-state index >= 15 is 0 Å². The zero-order chi connectivity index (χ0) is 14.2. The Morgan fingerprint density at radius 1 is 1.40 bits per heavy atom. The molecule has 0 aliphatic carbocycles. The lowest BCUT2D eigenvalue weighted by Gasteiger charge is -2.37. The molecule has 0 saturated carbocycles. The smallest absolute Gasteiger partial charge is 0.122 e. The molecule has 4 heteroatoms. The van der Waals surface area contributed by atoms with Gasteiger partial charge in [-0.15, -0.1) is 0 Å². The van der Waals surface area contributed by atoms with Gasteiger partial charge in [0.05, 0.1) is 12.3 Å². The third kappa shape index (κ3) is 2.31. The van der Waals surface area contributed by atoms with Gasteiger partial charge in [0.25, 0.3) is 0 Å². The lowest BCUT2D eigenvalue weighted by atomic mass is 9.76. The van der Waals surface area contributed by atoms with Gasteiger partial charge in [0.15, 0.2) is 0 Å². The van der Waals surface area contributed by atoms with E-state index < -0.39 is 0 Å². The van der Waals surface area contributed by atoms with Crippen molar-refractivity contribution in [3.05, 3.63) is 47.3 Å². The molecule has 1 aliphatic rings. The molecule has 3 rings (SSSR count). The summed E-state index contributed by atoms with van der Waals surface area (Å²) in [5.74, 6) is 0.998. The summed E-state index contributed by atoms with van der Waals surface area (Å²) in [4.78, 5) is 0. The molecule has 1 aliphatic heterocycles. The van der Waals surface area contributed by atoms with Gasteiger partial charge in [-0.05, 0) is 37.5 Å². The van der Waals surface area contributed by atoms with Crippen LogP contribution in [-0.4, -0.2) is 22.9 Å². The molecular weight excluding hydrogens is 250 g/mol. The Morgan fingerprint density at radius 2 is 2.20 bits per heavy atom. The van der Waals surface area contributed by atoms with Gasteiger partial charge in [-0.3, -0.25) is 4.68 Å². The summed E-state index contributed by atoms with van der Waals surface area (Å²) in [5, 5.41) is 4.42. The van der Waals surface area contributed by atoms with Crippen LogP contribution in [0.1, 0.15) is 17.0 Å². The molecule has 2 N–H and O–H groups in total. The molecule has 0 saturated heterocycles. The minimum absolute atomic E-state index is 0.0331. The van der Waals surface area contributed by atoms with Crippen molar-refractivity contribution in [1.82, 2.24) is 9.78 Å². The average molecular weight is 271 g/mol.